The average Bonchev–Trinajstić information content (AvgIpc) is 2.41. The molecule has 1 aromatic carbocycles. The van der Waals surface area contributed by atoms with Crippen LogP contribution in [0.2, 0.25) is 0 Å². The van der Waals surface area contributed by atoms with Crippen LogP contribution in [0.25, 0.3) is 0 Å². The lowest BCUT2D eigenvalue weighted by Crippen LogP contribution is -2.42. The maximum atomic E-state index is 13.1. The Hall–Kier alpha value is -1.17. The Bertz CT molecular complexity index is 412. The van der Waals surface area contributed by atoms with E-state index in [1.807, 2.05) is 0 Å². The average molecular weight is 268 g/mol. The first-order valence-electron chi connectivity index (χ1n) is 6.59. The van der Waals surface area contributed by atoms with Gasteiger partial charge >= 0.3 is 0 Å². The summed E-state index contributed by atoms with van der Waals surface area (Å²) in [5.41, 5.74) is 6.56. The molecule has 2 N–H and O–H groups in total. The highest BCUT2D eigenvalue weighted by Gasteiger charge is 2.20. The van der Waals surface area contributed by atoms with E-state index in [0.717, 1.165) is 31.6 Å². The second-order valence-electron chi connectivity index (χ2n) is 4.76. The number of nitrogens with zero attached hydrogens (tertiary/aromatic N) is 1. The van der Waals surface area contributed by atoms with Gasteiger partial charge in [-0.25, -0.2) is 4.39 Å². The zero-order valence-corrected chi connectivity index (χ0v) is 11.3. The van der Waals surface area contributed by atoms with Gasteiger partial charge in [0.15, 0.2) is 0 Å². The summed E-state index contributed by atoms with van der Waals surface area (Å²) in [6.07, 6.45) is 1.07. The third-order valence-electron chi connectivity index (χ3n) is 3.35. The van der Waals surface area contributed by atoms with Crippen molar-refractivity contribution >= 4 is 0 Å². The molecular weight excluding hydrogens is 247 g/mol. The molecule has 1 aliphatic rings. The van der Waals surface area contributed by atoms with Gasteiger partial charge < -0.3 is 15.2 Å². The fourth-order valence-electron chi connectivity index (χ4n) is 2.37. The molecule has 1 saturated heterocycles. The van der Waals surface area contributed by atoms with E-state index in [0.29, 0.717) is 18.9 Å². The summed E-state index contributed by atoms with van der Waals surface area (Å²) in [6, 6.07) is 4.67. The van der Waals surface area contributed by atoms with Gasteiger partial charge in [0, 0.05) is 31.3 Å². The normalized spacial score (nSPS) is 20.5. The number of hydrogen-bond donors (Lipinski definition) is 1. The fraction of sp³-hybridized carbons (Fsp3) is 0.571. The smallest absolute Gasteiger partial charge is 0.126 e. The highest BCUT2D eigenvalue weighted by molar-refractivity contribution is 5.33. The lowest BCUT2D eigenvalue weighted by atomic mass is 10.1. The van der Waals surface area contributed by atoms with Gasteiger partial charge in [0.2, 0.25) is 0 Å². The summed E-state index contributed by atoms with van der Waals surface area (Å²) < 4.78 is 24.0. The molecule has 0 bridgehead atoms. The highest BCUT2D eigenvalue weighted by atomic mass is 19.1. The first-order chi connectivity index (χ1) is 9.22. The molecule has 1 heterocycles. The van der Waals surface area contributed by atoms with Crippen molar-refractivity contribution in [1.82, 2.24) is 4.90 Å². The topological polar surface area (TPSA) is 47.7 Å². The summed E-state index contributed by atoms with van der Waals surface area (Å²) in [5.74, 6) is 0.324. The zero-order valence-electron chi connectivity index (χ0n) is 11.3. The van der Waals surface area contributed by atoms with E-state index in [9.17, 15) is 4.39 Å². The van der Waals surface area contributed by atoms with Crippen molar-refractivity contribution in [3.8, 4) is 5.75 Å². The van der Waals surface area contributed by atoms with Crippen molar-refractivity contribution in [3.63, 3.8) is 0 Å². The van der Waals surface area contributed by atoms with E-state index in [-0.39, 0.29) is 11.9 Å². The standard InChI is InChI=1S/C14H21FN2O2/c1-18-14-8-12(15)3-2-11(14)9-17-6-7-19-13(10-17)4-5-16/h2-3,8,13H,4-7,9-10,16H2,1H3. The van der Waals surface area contributed by atoms with E-state index >= 15 is 0 Å². The van der Waals surface area contributed by atoms with Crippen molar-refractivity contribution in [3.05, 3.63) is 29.6 Å². The van der Waals surface area contributed by atoms with Crippen LogP contribution in [0, 0.1) is 5.82 Å². The number of rotatable bonds is 5. The number of benzene rings is 1. The number of morpholine rings is 1. The molecule has 4 nitrogen and oxygen atoms in total. The molecule has 0 spiro atoms. The maximum absolute atomic E-state index is 13.1. The van der Waals surface area contributed by atoms with Gasteiger partial charge in [0.25, 0.3) is 0 Å². The van der Waals surface area contributed by atoms with Crippen LogP contribution >= 0.6 is 0 Å². The number of nitrogens with two attached hydrogens (primary N) is 1. The van der Waals surface area contributed by atoms with Crippen LogP contribution in [0.1, 0.15) is 12.0 Å². The van der Waals surface area contributed by atoms with Crippen molar-refractivity contribution < 1.29 is 13.9 Å². The monoisotopic (exact) mass is 268 g/mol. The van der Waals surface area contributed by atoms with Crippen LogP contribution in [-0.4, -0.2) is 44.4 Å². The third-order valence-corrected chi connectivity index (χ3v) is 3.35. The number of methoxy groups -OCH3 is 1. The Labute approximate surface area is 113 Å². The Morgan fingerprint density at radius 3 is 3.11 bits per heavy atom. The van der Waals surface area contributed by atoms with Gasteiger partial charge in [-0.2, -0.15) is 0 Å². The molecular formula is C14H21FN2O2. The summed E-state index contributed by atoms with van der Waals surface area (Å²) in [5, 5.41) is 0. The van der Waals surface area contributed by atoms with E-state index in [1.54, 1.807) is 13.2 Å². The second kappa shape index (κ2) is 6.84. The Balaban J connectivity index is 2.00. The summed E-state index contributed by atoms with van der Waals surface area (Å²) in [4.78, 5) is 2.29. The van der Waals surface area contributed by atoms with Crippen LogP contribution in [0.15, 0.2) is 18.2 Å². The maximum Gasteiger partial charge on any atom is 0.126 e. The Kier molecular flexibility index (Phi) is 5.13. The van der Waals surface area contributed by atoms with Crippen molar-refractivity contribution in [1.29, 1.82) is 0 Å². The molecule has 1 aromatic rings. The molecule has 1 unspecified atom stereocenters. The minimum atomic E-state index is -0.274. The fourth-order valence-corrected chi connectivity index (χ4v) is 2.37. The van der Waals surface area contributed by atoms with Crippen LogP contribution in [0.5, 0.6) is 5.75 Å². The SMILES string of the molecule is COc1cc(F)ccc1CN1CCOC(CCN)C1. The second-order valence-corrected chi connectivity index (χ2v) is 4.76. The van der Waals surface area contributed by atoms with Gasteiger partial charge in [-0.05, 0) is 19.0 Å². The largest absolute Gasteiger partial charge is 0.496 e. The van der Waals surface area contributed by atoms with Crippen molar-refractivity contribution in [2.45, 2.75) is 19.1 Å². The molecule has 1 aliphatic heterocycles. The number of halogens is 1. The van der Waals surface area contributed by atoms with Gasteiger partial charge in [0.05, 0.1) is 19.8 Å². The van der Waals surface area contributed by atoms with Crippen LogP contribution in [-0.2, 0) is 11.3 Å². The van der Waals surface area contributed by atoms with E-state index in [1.165, 1.54) is 12.1 Å². The lowest BCUT2D eigenvalue weighted by Gasteiger charge is -2.33. The first-order valence-corrected chi connectivity index (χ1v) is 6.59. The summed E-state index contributed by atoms with van der Waals surface area (Å²) in [6.45, 7) is 3.83. The van der Waals surface area contributed by atoms with E-state index in [4.69, 9.17) is 15.2 Å². The zero-order chi connectivity index (χ0) is 13.7. The molecule has 0 aromatic heterocycles. The minimum Gasteiger partial charge on any atom is -0.496 e. The van der Waals surface area contributed by atoms with E-state index < -0.39 is 0 Å². The Morgan fingerprint density at radius 1 is 1.53 bits per heavy atom. The predicted octanol–water partition coefficient (Wildman–Crippen LogP) is 1.38. The summed E-state index contributed by atoms with van der Waals surface area (Å²) in [7, 11) is 1.56. The molecule has 0 saturated carbocycles. The molecule has 2 rings (SSSR count). The highest BCUT2D eigenvalue weighted by Crippen LogP contribution is 2.22. The number of hydrogen-bond acceptors (Lipinski definition) is 4. The van der Waals surface area contributed by atoms with Gasteiger partial charge in [-0.3, -0.25) is 4.90 Å². The molecule has 19 heavy (non-hydrogen) atoms. The minimum absolute atomic E-state index is 0.199. The quantitative estimate of drug-likeness (QED) is 0.876. The molecule has 5 heteroatoms. The first kappa shape index (κ1) is 14.2. The van der Waals surface area contributed by atoms with Crippen LogP contribution < -0.4 is 10.5 Å². The van der Waals surface area contributed by atoms with Gasteiger partial charge in [0.1, 0.15) is 11.6 Å². The molecule has 1 fully saturated rings. The molecule has 0 radical (unpaired) electrons. The molecule has 0 amide bonds. The van der Waals surface area contributed by atoms with Crippen molar-refractivity contribution in [2.24, 2.45) is 5.73 Å². The predicted molar refractivity (Wildman–Crippen MR) is 71.6 cm³/mol. The molecule has 106 valence electrons. The molecule has 1 atom stereocenters. The van der Waals surface area contributed by atoms with Crippen LogP contribution in [0.4, 0.5) is 4.39 Å². The Morgan fingerprint density at radius 2 is 2.37 bits per heavy atom. The number of ether oxygens (including phenoxy) is 2. The third kappa shape index (κ3) is 3.89. The van der Waals surface area contributed by atoms with E-state index in [2.05, 4.69) is 4.90 Å². The van der Waals surface area contributed by atoms with Gasteiger partial charge in [-0.15, -0.1) is 0 Å². The van der Waals surface area contributed by atoms with Crippen molar-refractivity contribution in [2.75, 3.05) is 33.4 Å². The molecule has 0 aliphatic carbocycles. The van der Waals surface area contributed by atoms with Crippen LogP contribution in [0.3, 0.4) is 0 Å². The summed E-state index contributed by atoms with van der Waals surface area (Å²) >= 11 is 0. The van der Waals surface area contributed by atoms with Gasteiger partial charge in [-0.1, -0.05) is 6.07 Å². The lowest BCUT2D eigenvalue weighted by molar-refractivity contribution is -0.0337.